The Kier molecular flexibility index (Phi) is 5.30. The average Bonchev–Trinajstić information content (AvgIpc) is 2.49. The van der Waals surface area contributed by atoms with Crippen molar-refractivity contribution in [3.8, 4) is 6.07 Å². The number of carbonyl (C=O) groups is 1. The number of nitriles is 1. The molecule has 2 aromatic carbocycles. The Bertz CT molecular complexity index is 670. The van der Waals surface area contributed by atoms with Gasteiger partial charge in [0.2, 0.25) is 0 Å². The van der Waals surface area contributed by atoms with Gasteiger partial charge in [0.1, 0.15) is 5.92 Å². The lowest BCUT2D eigenvalue weighted by Gasteiger charge is -2.10. The molecule has 106 valence electrons. The van der Waals surface area contributed by atoms with E-state index in [2.05, 4.69) is 22.0 Å². The fraction of sp³-hybridized carbons (Fsp3) is 0.222. The SMILES string of the molecule is Cc1ccc(CCC(=O)C(C#N)c2ccccc2Br)cc1. The van der Waals surface area contributed by atoms with Gasteiger partial charge < -0.3 is 0 Å². The normalized spacial score (nSPS) is 11.7. The summed E-state index contributed by atoms with van der Waals surface area (Å²) in [6.45, 7) is 2.04. The largest absolute Gasteiger partial charge is 0.298 e. The molecule has 0 spiro atoms. The number of hydrogen-bond donors (Lipinski definition) is 0. The van der Waals surface area contributed by atoms with E-state index >= 15 is 0 Å². The zero-order valence-electron chi connectivity index (χ0n) is 11.8. The molecule has 1 unspecified atom stereocenters. The summed E-state index contributed by atoms with van der Waals surface area (Å²) in [6.07, 6.45) is 1.05. The minimum Gasteiger partial charge on any atom is -0.298 e. The van der Waals surface area contributed by atoms with Crippen LogP contribution in [0.3, 0.4) is 0 Å². The second-order valence-corrected chi connectivity index (χ2v) is 5.89. The summed E-state index contributed by atoms with van der Waals surface area (Å²) >= 11 is 3.41. The van der Waals surface area contributed by atoms with Crippen LogP contribution in [0, 0.1) is 18.3 Å². The molecular weight excluding hydrogens is 326 g/mol. The molecule has 0 aromatic heterocycles. The lowest BCUT2D eigenvalue weighted by Crippen LogP contribution is -2.12. The summed E-state index contributed by atoms with van der Waals surface area (Å²) in [5, 5.41) is 9.32. The van der Waals surface area contributed by atoms with E-state index in [1.165, 1.54) is 5.56 Å². The predicted molar refractivity (Wildman–Crippen MR) is 87.0 cm³/mol. The van der Waals surface area contributed by atoms with Gasteiger partial charge in [0.25, 0.3) is 0 Å². The number of hydrogen-bond acceptors (Lipinski definition) is 2. The van der Waals surface area contributed by atoms with Crippen molar-refractivity contribution < 1.29 is 4.79 Å². The maximum absolute atomic E-state index is 12.3. The van der Waals surface area contributed by atoms with E-state index in [1.54, 1.807) is 0 Å². The fourth-order valence-electron chi connectivity index (χ4n) is 2.19. The molecule has 0 aliphatic carbocycles. The van der Waals surface area contributed by atoms with Gasteiger partial charge >= 0.3 is 0 Å². The summed E-state index contributed by atoms with van der Waals surface area (Å²) in [5.74, 6) is -0.740. The van der Waals surface area contributed by atoms with E-state index in [9.17, 15) is 10.1 Å². The van der Waals surface area contributed by atoms with Gasteiger partial charge in [0, 0.05) is 10.9 Å². The Morgan fingerprint density at radius 1 is 1.19 bits per heavy atom. The molecule has 0 heterocycles. The second kappa shape index (κ2) is 7.19. The van der Waals surface area contributed by atoms with Crippen molar-refractivity contribution in [3.63, 3.8) is 0 Å². The number of ketones is 1. The van der Waals surface area contributed by atoms with E-state index in [0.717, 1.165) is 15.6 Å². The highest BCUT2D eigenvalue weighted by molar-refractivity contribution is 9.10. The minimum absolute atomic E-state index is 0.0371. The third-order valence-corrected chi connectivity index (χ3v) is 4.17. The first-order valence-corrected chi connectivity index (χ1v) is 7.63. The van der Waals surface area contributed by atoms with Gasteiger partial charge in [0.15, 0.2) is 5.78 Å². The van der Waals surface area contributed by atoms with E-state index in [-0.39, 0.29) is 5.78 Å². The standard InChI is InChI=1S/C18H16BrNO/c1-13-6-8-14(9-7-13)10-11-18(21)16(12-20)15-4-2-3-5-17(15)19/h2-9,16H,10-11H2,1H3. The highest BCUT2D eigenvalue weighted by Gasteiger charge is 2.21. The van der Waals surface area contributed by atoms with Gasteiger partial charge in [-0.1, -0.05) is 64.0 Å². The highest BCUT2D eigenvalue weighted by Crippen LogP contribution is 2.26. The topological polar surface area (TPSA) is 40.9 Å². The zero-order valence-corrected chi connectivity index (χ0v) is 13.4. The van der Waals surface area contributed by atoms with Crippen molar-refractivity contribution in [2.75, 3.05) is 0 Å². The molecule has 0 fully saturated rings. The number of benzene rings is 2. The number of carbonyl (C=O) groups excluding carboxylic acids is 1. The van der Waals surface area contributed by atoms with Crippen LogP contribution in [0.2, 0.25) is 0 Å². The third-order valence-electron chi connectivity index (χ3n) is 3.45. The smallest absolute Gasteiger partial charge is 0.154 e. The van der Waals surface area contributed by atoms with E-state index < -0.39 is 5.92 Å². The lowest BCUT2D eigenvalue weighted by atomic mass is 9.92. The summed E-state index contributed by atoms with van der Waals surface area (Å²) in [6, 6.07) is 17.7. The van der Waals surface area contributed by atoms with Crippen LogP contribution in [0.4, 0.5) is 0 Å². The van der Waals surface area contributed by atoms with Crippen molar-refractivity contribution in [1.29, 1.82) is 5.26 Å². The summed E-state index contributed by atoms with van der Waals surface area (Å²) in [7, 11) is 0. The molecule has 0 bridgehead atoms. The van der Waals surface area contributed by atoms with E-state index in [4.69, 9.17) is 0 Å². The molecule has 2 rings (SSSR count). The molecule has 0 amide bonds. The quantitative estimate of drug-likeness (QED) is 0.799. The van der Waals surface area contributed by atoms with Crippen LogP contribution in [0.1, 0.15) is 29.0 Å². The Morgan fingerprint density at radius 2 is 1.86 bits per heavy atom. The van der Waals surface area contributed by atoms with Crippen LogP contribution < -0.4 is 0 Å². The van der Waals surface area contributed by atoms with Crippen molar-refractivity contribution in [3.05, 3.63) is 69.7 Å². The molecule has 0 saturated heterocycles. The van der Waals surface area contributed by atoms with Gasteiger partial charge in [0.05, 0.1) is 6.07 Å². The molecule has 0 N–H and O–H groups in total. The minimum atomic E-state index is -0.703. The predicted octanol–water partition coefficient (Wildman–Crippen LogP) is 4.57. The monoisotopic (exact) mass is 341 g/mol. The molecule has 2 nitrogen and oxygen atoms in total. The molecule has 1 atom stereocenters. The van der Waals surface area contributed by atoms with Gasteiger partial charge in [-0.05, 0) is 30.5 Å². The summed E-state index contributed by atoms with van der Waals surface area (Å²) < 4.78 is 0.806. The molecule has 0 aliphatic heterocycles. The van der Waals surface area contributed by atoms with Gasteiger partial charge in [-0.25, -0.2) is 0 Å². The molecule has 3 heteroatoms. The maximum atomic E-state index is 12.3. The third kappa shape index (κ3) is 4.03. The van der Waals surface area contributed by atoms with Crippen molar-refractivity contribution in [1.82, 2.24) is 0 Å². The first-order chi connectivity index (χ1) is 10.1. The van der Waals surface area contributed by atoms with Crippen LogP contribution in [0.15, 0.2) is 53.0 Å². The van der Waals surface area contributed by atoms with Crippen LogP contribution in [0.5, 0.6) is 0 Å². The number of halogens is 1. The van der Waals surface area contributed by atoms with E-state index in [1.807, 2.05) is 55.5 Å². The number of rotatable bonds is 5. The van der Waals surface area contributed by atoms with Crippen LogP contribution >= 0.6 is 15.9 Å². The molecule has 0 aliphatic rings. The lowest BCUT2D eigenvalue weighted by molar-refractivity contribution is -0.119. The Hall–Kier alpha value is -1.92. The van der Waals surface area contributed by atoms with Gasteiger partial charge in [-0.2, -0.15) is 5.26 Å². The first kappa shape index (κ1) is 15.5. The number of Topliss-reactive ketones (excluding diaryl/α,β-unsaturated/α-hetero) is 1. The van der Waals surface area contributed by atoms with Gasteiger partial charge in [-0.3, -0.25) is 4.79 Å². The average molecular weight is 342 g/mol. The maximum Gasteiger partial charge on any atom is 0.154 e. The second-order valence-electron chi connectivity index (χ2n) is 5.04. The molecule has 0 radical (unpaired) electrons. The summed E-state index contributed by atoms with van der Waals surface area (Å²) in [4.78, 5) is 12.3. The number of nitrogens with zero attached hydrogens (tertiary/aromatic N) is 1. The Balaban J connectivity index is 2.06. The van der Waals surface area contributed by atoms with E-state index in [0.29, 0.717) is 12.8 Å². The zero-order chi connectivity index (χ0) is 15.2. The van der Waals surface area contributed by atoms with Crippen molar-refractivity contribution in [2.24, 2.45) is 0 Å². The van der Waals surface area contributed by atoms with Crippen LogP contribution in [-0.4, -0.2) is 5.78 Å². The Labute approximate surface area is 133 Å². The molecule has 2 aromatic rings. The van der Waals surface area contributed by atoms with Gasteiger partial charge in [-0.15, -0.1) is 0 Å². The van der Waals surface area contributed by atoms with Crippen molar-refractivity contribution >= 4 is 21.7 Å². The van der Waals surface area contributed by atoms with Crippen LogP contribution in [-0.2, 0) is 11.2 Å². The first-order valence-electron chi connectivity index (χ1n) is 6.84. The fourth-order valence-corrected chi connectivity index (χ4v) is 2.70. The highest BCUT2D eigenvalue weighted by atomic mass is 79.9. The molecule has 21 heavy (non-hydrogen) atoms. The summed E-state index contributed by atoms with van der Waals surface area (Å²) in [5.41, 5.74) is 3.07. The molecule has 0 saturated carbocycles. The van der Waals surface area contributed by atoms with Crippen LogP contribution in [0.25, 0.3) is 0 Å². The Morgan fingerprint density at radius 3 is 2.48 bits per heavy atom. The van der Waals surface area contributed by atoms with Crippen molar-refractivity contribution in [2.45, 2.75) is 25.7 Å². The number of aryl methyl sites for hydroxylation is 2. The molecular formula is C18H16BrNO.